The predicted octanol–water partition coefficient (Wildman–Crippen LogP) is 6.28. The van der Waals surface area contributed by atoms with Crippen LogP contribution in [0.15, 0.2) is 86.9 Å². The van der Waals surface area contributed by atoms with E-state index in [-0.39, 0.29) is 11.8 Å². The SMILES string of the molecule is O=C(c1ccccc1CSc1nc2ccccc2o1)N1CCC(c2nc3ccccc3o2)CC1. The first-order valence-corrected chi connectivity index (χ1v) is 12.4. The van der Waals surface area contributed by atoms with E-state index in [0.29, 0.717) is 24.1 Å². The quantitative estimate of drug-likeness (QED) is 0.282. The number of amides is 1. The fourth-order valence-corrected chi connectivity index (χ4v) is 5.31. The first-order chi connectivity index (χ1) is 16.7. The molecule has 0 aliphatic carbocycles. The summed E-state index contributed by atoms with van der Waals surface area (Å²) in [5, 5.41) is 0.614. The topological polar surface area (TPSA) is 72.4 Å². The maximum Gasteiger partial charge on any atom is 0.257 e. The van der Waals surface area contributed by atoms with E-state index in [2.05, 4.69) is 9.97 Å². The van der Waals surface area contributed by atoms with Gasteiger partial charge in [-0.15, -0.1) is 0 Å². The third kappa shape index (κ3) is 4.07. The van der Waals surface area contributed by atoms with E-state index in [4.69, 9.17) is 8.83 Å². The molecule has 0 saturated carbocycles. The number of rotatable bonds is 5. The largest absolute Gasteiger partial charge is 0.440 e. The summed E-state index contributed by atoms with van der Waals surface area (Å²) in [6.45, 7) is 1.38. The molecule has 3 aromatic carbocycles. The van der Waals surface area contributed by atoms with Crippen LogP contribution in [-0.2, 0) is 5.75 Å². The summed E-state index contributed by atoms with van der Waals surface area (Å²) in [4.78, 5) is 24.5. The number of piperidine rings is 1. The second-order valence-electron chi connectivity index (χ2n) is 8.48. The van der Waals surface area contributed by atoms with E-state index in [9.17, 15) is 4.79 Å². The number of hydrogen-bond acceptors (Lipinski definition) is 6. The van der Waals surface area contributed by atoms with E-state index < -0.39 is 0 Å². The Morgan fingerprint density at radius 3 is 2.24 bits per heavy atom. The maximum absolute atomic E-state index is 13.4. The highest BCUT2D eigenvalue weighted by atomic mass is 32.2. The maximum atomic E-state index is 13.4. The molecule has 1 aliphatic heterocycles. The zero-order valence-corrected chi connectivity index (χ0v) is 19.3. The van der Waals surface area contributed by atoms with Crippen LogP contribution in [0.25, 0.3) is 22.2 Å². The van der Waals surface area contributed by atoms with Gasteiger partial charge in [-0.3, -0.25) is 4.79 Å². The van der Waals surface area contributed by atoms with E-state index >= 15 is 0 Å². The Balaban J connectivity index is 1.13. The van der Waals surface area contributed by atoms with Crippen LogP contribution in [0.4, 0.5) is 0 Å². The summed E-state index contributed by atoms with van der Waals surface area (Å²) in [7, 11) is 0. The normalized spacial score (nSPS) is 14.8. The van der Waals surface area contributed by atoms with Gasteiger partial charge in [-0.25, -0.2) is 9.97 Å². The van der Waals surface area contributed by atoms with E-state index in [1.54, 1.807) is 0 Å². The molecule has 6 rings (SSSR count). The van der Waals surface area contributed by atoms with Crippen molar-refractivity contribution in [1.29, 1.82) is 0 Å². The van der Waals surface area contributed by atoms with E-state index in [1.165, 1.54) is 11.8 Å². The molecule has 0 N–H and O–H groups in total. The van der Waals surface area contributed by atoms with Gasteiger partial charge in [0, 0.05) is 30.3 Å². The van der Waals surface area contributed by atoms with Crippen molar-refractivity contribution in [3.05, 3.63) is 89.8 Å². The zero-order valence-electron chi connectivity index (χ0n) is 18.5. The standard InChI is InChI=1S/C27H23N3O3S/c31-26(30-15-13-18(14-16-30)25-28-21-9-3-5-11-23(21)32-25)20-8-2-1-7-19(20)17-34-27-29-22-10-4-6-12-24(22)33-27/h1-12,18H,13-17H2. The van der Waals surface area contributed by atoms with Crippen LogP contribution < -0.4 is 0 Å². The van der Waals surface area contributed by atoms with Crippen molar-refractivity contribution in [2.24, 2.45) is 0 Å². The number of carbonyl (C=O) groups excluding carboxylic acids is 1. The highest BCUT2D eigenvalue weighted by Crippen LogP contribution is 2.32. The fourth-order valence-electron chi connectivity index (χ4n) is 4.47. The second kappa shape index (κ2) is 8.99. The minimum Gasteiger partial charge on any atom is -0.440 e. The van der Waals surface area contributed by atoms with Gasteiger partial charge in [0.2, 0.25) is 0 Å². The molecule has 170 valence electrons. The molecule has 1 fully saturated rings. The second-order valence-corrected chi connectivity index (χ2v) is 9.41. The molecule has 0 atom stereocenters. The summed E-state index contributed by atoms with van der Waals surface area (Å²) in [5.41, 5.74) is 5.06. The molecule has 1 amide bonds. The number of aromatic nitrogens is 2. The number of para-hydroxylation sites is 4. The van der Waals surface area contributed by atoms with Crippen molar-refractivity contribution in [3.63, 3.8) is 0 Å². The first-order valence-electron chi connectivity index (χ1n) is 11.5. The van der Waals surface area contributed by atoms with Crippen molar-refractivity contribution in [3.8, 4) is 0 Å². The molecule has 2 aromatic heterocycles. The lowest BCUT2D eigenvalue weighted by molar-refractivity contribution is 0.0706. The lowest BCUT2D eigenvalue weighted by Crippen LogP contribution is -2.38. The van der Waals surface area contributed by atoms with Gasteiger partial charge in [0.15, 0.2) is 17.1 Å². The minimum atomic E-state index is 0.0739. The fraction of sp³-hybridized carbons (Fsp3) is 0.222. The highest BCUT2D eigenvalue weighted by Gasteiger charge is 2.28. The number of nitrogens with zero attached hydrogens (tertiary/aromatic N) is 3. The van der Waals surface area contributed by atoms with Crippen LogP contribution in [0, 0.1) is 0 Å². The molecule has 5 aromatic rings. The summed E-state index contributed by atoms with van der Waals surface area (Å²) in [5.74, 6) is 1.71. The lowest BCUT2D eigenvalue weighted by atomic mass is 9.96. The van der Waals surface area contributed by atoms with Crippen molar-refractivity contribution in [1.82, 2.24) is 14.9 Å². The molecule has 7 heteroatoms. The smallest absolute Gasteiger partial charge is 0.257 e. The molecule has 0 radical (unpaired) electrons. The summed E-state index contributed by atoms with van der Waals surface area (Å²) < 4.78 is 11.8. The van der Waals surface area contributed by atoms with Crippen molar-refractivity contribution >= 4 is 39.9 Å². The molecular weight excluding hydrogens is 446 g/mol. The number of oxazole rings is 2. The number of likely N-dealkylation sites (tertiary alicyclic amines) is 1. The summed E-state index contributed by atoms with van der Waals surface area (Å²) >= 11 is 1.51. The lowest BCUT2D eigenvalue weighted by Gasteiger charge is -2.31. The monoisotopic (exact) mass is 469 g/mol. The van der Waals surface area contributed by atoms with Gasteiger partial charge in [0.25, 0.3) is 11.1 Å². The van der Waals surface area contributed by atoms with Gasteiger partial charge in [-0.2, -0.15) is 0 Å². The molecule has 34 heavy (non-hydrogen) atoms. The van der Waals surface area contributed by atoms with Crippen molar-refractivity contribution in [2.75, 3.05) is 13.1 Å². The molecule has 1 aliphatic rings. The zero-order chi connectivity index (χ0) is 22.9. The third-order valence-electron chi connectivity index (χ3n) is 6.32. The van der Waals surface area contributed by atoms with Gasteiger partial charge in [0.1, 0.15) is 11.0 Å². The molecule has 6 nitrogen and oxygen atoms in total. The van der Waals surface area contributed by atoms with Gasteiger partial charge in [-0.05, 0) is 48.7 Å². The Labute approximate surface area is 201 Å². The van der Waals surface area contributed by atoms with Gasteiger partial charge >= 0.3 is 0 Å². The number of carbonyl (C=O) groups is 1. The Hall–Kier alpha value is -3.58. The van der Waals surface area contributed by atoms with Gasteiger partial charge in [-0.1, -0.05) is 54.2 Å². The Morgan fingerprint density at radius 2 is 1.50 bits per heavy atom. The van der Waals surface area contributed by atoms with Crippen molar-refractivity contribution < 1.29 is 13.6 Å². The average molecular weight is 470 g/mol. The van der Waals surface area contributed by atoms with Gasteiger partial charge in [0.05, 0.1) is 0 Å². The Morgan fingerprint density at radius 1 is 0.853 bits per heavy atom. The van der Waals surface area contributed by atoms with Crippen molar-refractivity contribution in [2.45, 2.75) is 29.7 Å². The third-order valence-corrected chi connectivity index (χ3v) is 7.19. The highest BCUT2D eigenvalue weighted by molar-refractivity contribution is 7.98. The van der Waals surface area contributed by atoms with Gasteiger partial charge < -0.3 is 13.7 Å². The number of benzene rings is 3. The first kappa shape index (κ1) is 21.0. The predicted molar refractivity (Wildman–Crippen MR) is 132 cm³/mol. The minimum absolute atomic E-state index is 0.0739. The van der Waals surface area contributed by atoms with Crippen LogP contribution in [0.5, 0.6) is 0 Å². The Kier molecular flexibility index (Phi) is 5.55. The number of hydrogen-bond donors (Lipinski definition) is 0. The van der Waals surface area contributed by atoms with Crippen LogP contribution in [-0.4, -0.2) is 33.9 Å². The van der Waals surface area contributed by atoms with Crippen LogP contribution >= 0.6 is 11.8 Å². The number of fused-ring (bicyclic) bond motifs is 2. The molecule has 0 spiro atoms. The molecule has 3 heterocycles. The van der Waals surface area contributed by atoms with Crippen LogP contribution in [0.1, 0.15) is 40.6 Å². The molecule has 0 bridgehead atoms. The Bertz CT molecular complexity index is 1400. The summed E-state index contributed by atoms with van der Waals surface area (Å²) in [6, 6.07) is 23.4. The number of thioether (sulfide) groups is 1. The van der Waals surface area contributed by atoms with Crippen LogP contribution in [0.2, 0.25) is 0 Å². The average Bonchev–Trinajstić information content (AvgIpc) is 3.51. The molecule has 1 saturated heterocycles. The summed E-state index contributed by atoms with van der Waals surface area (Å²) in [6.07, 6.45) is 1.69. The molecular formula is C27H23N3O3S. The van der Waals surface area contributed by atoms with E-state index in [0.717, 1.165) is 52.1 Å². The molecule has 0 unspecified atom stereocenters. The van der Waals surface area contributed by atoms with E-state index in [1.807, 2.05) is 77.7 Å². The van der Waals surface area contributed by atoms with Crippen LogP contribution in [0.3, 0.4) is 0 Å².